The van der Waals surface area contributed by atoms with E-state index in [1.807, 2.05) is 7.05 Å². The zero-order valence-electron chi connectivity index (χ0n) is 10.6. The summed E-state index contributed by atoms with van der Waals surface area (Å²) in [6, 6.07) is 4.03. The molecule has 1 atom stereocenters. The van der Waals surface area contributed by atoms with Crippen LogP contribution in [0.15, 0.2) is 18.2 Å². The van der Waals surface area contributed by atoms with Crippen LogP contribution in [0.3, 0.4) is 0 Å². The lowest BCUT2D eigenvalue weighted by molar-refractivity contribution is -0.385. The van der Waals surface area contributed by atoms with Crippen LogP contribution in [-0.2, 0) is 6.54 Å². The summed E-state index contributed by atoms with van der Waals surface area (Å²) in [5.41, 5.74) is 0.432. The maximum Gasteiger partial charge on any atom is 0.274 e. The number of nitrogens with zero attached hydrogens (tertiary/aromatic N) is 2. The van der Waals surface area contributed by atoms with E-state index in [0.717, 1.165) is 25.6 Å². The molecular formula is C12H17ClFN3O2. The Morgan fingerprint density at radius 1 is 1.58 bits per heavy atom. The van der Waals surface area contributed by atoms with Crippen molar-refractivity contribution in [3.8, 4) is 0 Å². The van der Waals surface area contributed by atoms with E-state index in [1.54, 1.807) is 0 Å². The summed E-state index contributed by atoms with van der Waals surface area (Å²) in [6.45, 7) is 2.13. The molecule has 106 valence electrons. The largest absolute Gasteiger partial charge is 0.316 e. The van der Waals surface area contributed by atoms with Crippen molar-refractivity contribution in [3.05, 3.63) is 39.7 Å². The van der Waals surface area contributed by atoms with Crippen molar-refractivity contribution in [2.24, 2.45) is 0 Å². The monoisotopic (exact) mass is 289 g/mol. The highest BCUT2D eigenvalue weighted by atomic mass is 35.5. The summed E-state index contributed by atoms with van der Waals surface area (Å²) in [4.78, 5) is 12.5. The van der Waals surface area contributed by atoms with Gasteiger partial charge in [0, 0.05) is 37.3 Å². The van der Waals surface area contributed by atoms with Crippen molar-refractivity contribution < 1.29 is 9.31 Å². The van der Waals surface area contributed by atoms with Crippen LogP contribution in [0, 0.1) is 15.9 Å². The maximum absolute atomic E-state index is 13.2. The van der Waals surface area contributed by atoms with Gasteiger partial charge in [-0.15, -0.1) is 12.4 Å². The third kappa shape index (κ3) is 3.86. The first kappa shape index (κ1) is 15.8. The van der Waals surface area contributed by atoms with E-state index in [0.29, 0.717) is 18.2 Å². The fourth-order valence-electron chi connectivity index (χ4n) is 2.31. The van der Waals surface area contributed by atoms with Crippen LogP contribution in [0.25, 0.3) is 0 Å². The average Bonchev–Trinajstić information content (AvgIpc) is 2.76. The Balaban J connectivity index is 0.00000180. The SMILES string of the molecule is CNC1CCN(Cc2cc(F)ccc2[N+](=O)[O-])C1.Cl. The van der Waals surface area contributed by atoms with Crippen molar-refractivity contribution in [2.75, 3.05) is 20.1 Å². The third-order valence-corrected chi connectivity index (χ3v) is 3.31. The van der Waals surface area contributed by atoms with Gasteiger partial charge in [0.2, 0.25) is 0 Å². The van der Waals surface area contributed by atoms with E-state index in [-0.39, 0.29) is 18.1 Å². The number of rotatable bonds is 4. The zero-order chi connectivity index (χ0) is 13.1. The molecule has 0 amide bonds. The van der Waals surface area contributed by atoms with Crippen LogP contribution in [0.2, 0.25) is 0 Å². The normalized spacial score (nSPS) is 19.2. The van der Waals surface area contributed by atoms with Crippen molar-refractivity contribution in [1.29, 1.82) is 0 Å². The van der Waals surface area contributed by atoms with Crippen LogP contribution in [0.1, 0.15) is 12.0 Å². The van der Waals surface area contributed by atoms with Crippen LogP contribution >= 0.6 is 12.4 Å². The van der Waals surface area contributed by atoms with E-state index < -0.39 is 10.7 Å². The Morgan fingerprint density at radius 2 is 2.32 bits per heavy atom. The lowest BCUT2D eigenvalue weighted by atomic mass is 10.1. The molecule has 0 bridgehead atoms. The second kappa shape index (κ2) is 6.79. The van der Waals surface area contributed by atoms with E-state index in [1.165, 1.54) is 12.1 Å². The highest BCUT2D eigenvalue weighted by molar-refractivity contribution is 5.85. The molecule has 1 aliphatic heterocycles. The number of hydrogen-bond acceptors (Lipinski definition) is 4. The van der Waals surface area contributed by atoms with Crippen LogP contribution in [0.5, 0.6) is 0 Å². The lowest BCUT2D eigenvalue weighted by Gasteiger charge is -2.15. The molecule has 7 heteroatoms. The van der Waals surface area contributed by atoms with Gasteiger partial charge in [0.15, 0.2) is 0 Å². The van der Waals surface area contributed by atoms with Crippen molar-refractivity contribution in [2.45, 2.75) is 19.0 Å². The zero-order valence-corrected chi connectivity index (χ0v) is 11.5. The Morgan fingerprint density at radius 3 is 2.89 bits per heavy atom. The number of nitrogens with one attached hydrogen (secondary N) is 1. The summed E-state index contributed by atoms with van der Waals surface area (Å²) in [5, 5.41) is 14.1. The van der Waals surface area contributed by atoms with Gasteiger partial charge in [0.1, 0.15) is 5.82 Å². The Bertz CT molecular complexity index is 459. The van der Waals surface area contributed by atoms with E-state index in [4.69, 9.17) is 0 Å². The minimum Gasteiger partial charge on any atom is -0.316 e. The molecule has 1 heterocycles. The Kier molecular flexibility index (Phi) is 5.65. The summed E-state index contributed by atoms with van der Waals surface area (Å²) in [7, 11) is 1.90. The van der Waals surface area contributed by atoms with E-state index >= 15 is 0 Å². The van der Waals surface area contributed by atoms with Gasteiger partial charge in [-0.2, -0.15) is 0 Å². The number of likely N-dealkylation sites (N-methyl/N-ethyl adjacent to an activating group) is 1. The van der Waals surface area contributed by atoms with Gasteiger partial charge in [-0.1, -0.05) is 0 Å². The topological polar surface area (TPSA) is 58.4 Å². The van der Waals surface area contributed by atoms with Crippen molar-refractivity contribution in [3.63, 3.8) is 0 Å². The molecule has 0 aromatic heterocycles. The molecule has 19 heavy (non-hydrogen) atoms. The van der Waals surface area contributed by atoms with Gasteiger partial charge < -0.3 is 5.32 Å². The summed E-state index contributed by atoms with van der Waals surface area (Å²) in [5.74, 6) is -0.431. The van der Waals surface area contributed by atoms with Crippen molar-refractivity contribution >= 4 is 18.1 Å². The van der Waals surface area contributed by atoms with Crippen molar-refractivity contribution in [1.82, 2.24) is 10.2 Å². The molecule has 1 aromatic rings. The highest BCUT2D eigenvalue weighted by Crippen LogP contribution is 2.23. The molecule has 1 unspecified atom stereocenters. The van der Waals surface area contributed by atoms with Crippen LogP contribution < -0.4 is 5.32 Å². The van der Waals surface area contributed by atoms with Gasteiger partial charge in [0.25, 0.3) is 5.69 Å². The molecule has 0 aliphatic carbocycles. The van der Waals surface area contributed by atoms with Gasteiger partial charge in [-0.05, 0) is 25.6 Å². The number of hydrogen-bond donors (Lipinski definition) is 1. The minimum atomic E-state index is -0.458. The molecular weight excluding hydrogens is 273 g/mol. The lowest BCUT2D eigenvalue weighted by Crippen LogP contribution is -2.29. The highest BCUT2D eigenvalue weighted by Gasteiger charge is 2.23. The molecule has 1 fully saturated rings. The average molecular weight is 290 g/mol. The number of nitro groups is 1. The standard InChI is InChI=1S/C12H16FN3O2.ClH/c1-14-11-4-5-15(8-11)7-9-6-10(13)2-3-12(9)16(17)18;/h2-3,6,11,14H,4-5,7-8H2,1H3;1H. The molecule has 0 spiro atoms. The first-order valence-electron chi connectivity index (χ1n) is 5.92. The van der Waals surface area contributed by atoms with Crippen LogP contribution in [0.4, 0.5) is 10.1 Å². The summed E-state index contributed by atoms with van der Waals surface area (Å²) < 4.78 is 13.2. The quantitative estimate of drug-likeness (QED) is 0.680. The van der Waals surface area contributed by atoms with Crippen LogP contribution in [-0.4, -0.2) is 36.0 Å². The second-order valence-corrected chi connectivity index (χ2v) is 4.54. The molecule has 5 nitrogen and oxygen atoms in total. The third-order valence-electron chi connectivity index (χ3n) is 3.31. The van der Waals surface area contributed by atoms with Gasteiger partial charge in [0.05, 0.1) is 4.92 Å². The van der Waals surface area contributed by atoms with E-state index in [2.05, 4.69) is 10.2 Å². The fourth-order valence-corrected chi connectivity index (χ4v) is 2.31. The predicted molar refractivity (Wildman–Crippen MR) is 73.0 cm³/mol. The van der Waals surface area contributed by atoms with Gasteiger partial charge in [-0.3, -0.25) is 15.0 Å². The minimum absolute atomic E-state index is 0. The number of likely N-dealkylation sites (tertiary alicyclic amines) is 1. The first-order chi connectivity index (χ1) is 8.60. The second-order valence-electron chi connectivity index (χ2n) is 4.54. The van der Waals surface area contributed by atoms with E-state index in [9.17, 15) is 14.5 Å². The number of halogens is 2. The maximum atomic E-state index is 13.2. The summed E-state index contributed by atoms with van der Waals surface area (Å²) in [6.07, 6.45) is 1.01. The molecule has 0 radical (unpaired) electrons. The summed E-state index contributed by atoms with van der Waals surface area (Å²) >= 11 is 0. The molecule has 1 N–H and O–H groups in total. The predicted octanol–water partition coefficient (Wildman–Crippen LogP) is 1.95. The fraction of sp³-hybridized carbons (Fsp3) is 0.500. The molecule has 1 saturated heterocycles. The molecule has 1 aromatic carbocycles. The molecule has 1 aliphatic rings. The smallest absolute Gasteiger partial charge is 0.274 e. The molecule has 0 saturated carbocycles. The number of benzene rings is 1. The Labute approximate surface area is 117 Å². The Hall–Kier alpha value is -1.24. The molecule has 2 rings (SSSR count). The van der Waals surface area contributed by atoms with Gasteiger partial charge in [-0.25, -0.2) is 4.39 Å². The number of nitro benzene ring substituents is 1. The first-order valence-corrected chi connectivity index (χ1v) is 5.92. The van der Waals surface area contributed by atoms with Gasteiger partial charge >= 0.3 is 0 Å².